The predicted octanol–water partition coefficient (Wildman–Crippen LogP) is 16.2. The van der Waals surface area contributed by atoms with Crippen LogP contribution < -0.4 is 0 Å². The van der Waals surface area contributed by atoms with Gasteiger partial charge in [0, 0.05) is 60.4 Å². The quantitative estimate of drug-likeness (QED) is 0.177. The lowest BCUT2D eigenvalue weighted by Crippen LogP contribution is -2.10. The highest BCUT2D eigenvalue weighted by Gasteiger charge is 2.27. The van der Waals surface area contributed by atoms with Crippen LogP contribution >= 0.6 is 11.7 Å². The van der Waals surface area contributed by atoms with Gasteiger partial charge in [-0.2, -0.15) is 15.0 Å². The molecular weight excluding hydrogens is 863 g/mol. The highest BCUT2D eigenvalue weighted by atomic mass is 32.1. The molecule has 6 aromatic heterocycles. The maximum atomic E-state index is 5.41. The Labute approximate surface area is 403 Å². The topological polar surface area (TPSA) is 57.3 Å². The molecule has 69 heavy (non-hydrogen) atoms. The van der Waals surface area contributed by atoms with Gasteiger partial charge in [0.2, 0.25) is 11.9 Å². The zero-order chi connectivity index (χ0) is 46.6. The van der Waals surface area contributed by atoms with Gasteiger partial charge in [-0.3, -0.25) is 9.13 Å². The van der Waals surface area contributed by atoms with Gasteiger partial charge >= 0.3 is 0 Å². The molecule has 15 aromatic rings. The van der Waals surface area contributed by atoms with Crippen molar-refractivity contribution in [2.75, 3.05) is 0 Å². The first-order valence-corrected chi connectivity index (χ1v) is 24.3. The lowest BCUT2D eigenvalue weighted by atomic mass is 10.1. The lowest BCUT2D eigenvalue weighted by Gasteiger charge is -2.12. The Hall–Kier alpha value is -8.59. The van der Waals surface area contributed by atoms with Gasteiger partial charge in [-0.05, 0) is 50.2 Å². The van der Waals surface area contributed by atoms with Crippen molar-refractivity contribution in [3.63, 3.8) is 0 Å². The van der Waals surface area contributed by atoms with Gasteiger partial charge < -0.3 is 0 Å². The molecule has 0 spiro atoms. The number of aryl methyl sites for hydroxylation is 2. The second-order valence-corrected chi connectivity index (χ2v) is 17.9. The fraction of sp³-hybridized carbons (Fsp3) is 0.0656. The average molecular weight is 910 g/mol. The molecular formula is C61H47N7S. The van der Waals surface area contributed by atoms with E-state index in [9.17, 15) is 0 Å². The van der Waals surface area contributed by atoms with Crippen LogP contribution in [0.4, 0.5) is 0 Å². The van der Waals surface area contributed by atoms with Crippen LogP contribution in [0.3, 0.4) is 0 Å². The van der Waals surface area contributed by atoms with E-state index in [1.54, 1.807) is 11.7 Å². The summed E-state index contributed by atoms with van der Waals surface area (Å²) in [7, 11) is 0. The normalized spacial score (nSPS) is 11.5. The van der Waals surface area contributed by atoms with Crippen LogP contribution in [-0.4, -0.2) is 31.7 Å². The molecule has 0 aliphatic rings. The molecule has 0 N–H and O–H groups in total. The zero-order valence-electron chi connectivity index (χ0n) is 38.7. The van der Waals surface area contributed by atoms with Crippen LogP contribution in [0.25, 0.3) is 111 Å². The van der Waals surface area contributed by atoms with E-state index in [4.69, 9.17) is 15.0 Å². The number of benzene rings is 9. The molecule has 0 aliphatic carbocycles. The smallest absolute Gasteiger partial charge is 0.240 e. The van der Waals surface area contributed by atoms with E-state index in [0.29, 0.717) is 17.7 Å². The molecule has 0 bridgehead atoms. The molecule has 6 heterocycles. The molecule has 0 atom stereocenters. The van der Waals surface area contributed by atoms with E-state index < -0.39 is 0 Å². The van der Waals surface area contributed by atoms with Gasteiger partial charge in [0.05, 0.1) is 44.1 Å². The van der Waals surface area contributed by atoms with E-state index in [-0.39, 0.29) is 0 Å². The molecule has 0 saturated carbocycles. The van der Waals surface area contributed by atoms with Gasteiger partial charge in [-0.1, -0.05) is 201 Å². The number of rotatable bonds is 3. The Morgan fingerprint density at radius 1 is 0.319 bits per heavy atom. The SMILES string of the molecule is CC.Cc1ccccc1.Cc1ccccc1.c1ccc(-c2nc(-n3c4ccccc4c4ccccc43)nc(-n3c4ccc5c6ccccc6n6sn7c8ccccc8c8ccc3c(c4c56)c87)n2)cc1. The van der Waals surface area contributed by atoms with Crippen molar-refractivity contribution in [2.24, 2.45) is 0 Å². The molecule has 15 rings (SSSR count). The molecule has 0 aliphatic heterocycles. The third-order valence-electron chi connectivity index (χ3n) is 12.9. The summed E-state index contributed by atoms with van der Waals surface area (Å²) < 4.78 is 9.29. The molecule has 0 unspecified atom stereocenters. The van der Waals surface area contributed by atoms with Crippen molar-refractivity contribution in [1.29, 1.82) is 0 Å². The maximum absolute atomic E-state index is 5.41. The van der Waals surface area contributed by atoms with Gasteiger partial charge in [-0.25, -0.2) is 7.58 Å². The van der Waals surface area contributed by atoms with E-state index >= 15 is 0 Å². The van der Waals surface area contributed by atoms with Gasteiger partial charge in [0.1, 0.15) is 0 Å². The minimum atomic E-state index is 0.577. The van der Waals surface area contributed by atoms with Crippen LogP contribution in [0.15, 0.2) is 212 Å². The molecule has 8 heteroatoms. The fourth-order valence-electron chi connectivity index (χ4n) is 9.95. The number of aromatic nitrogens is 7. The first-order chi connectivity index (χ1) is 34.1. The summed E-state index contributed by atoms with van der Waals surface area (Å²) in [6, 6.07) is 74.3. The summed E-state index contributed by atoms with van der Waals surface area (Å²) in [6.07, 6.45) is 0. The van der Waals surface area contributed by atoms with Crippen LogP contribution in [0.5, 0.6) is 0 Å². The van der Waals surface area contributed by atoms with Gasteiger partial charge in [0.25, 0.3) is 0 Å². The van der Waals surface area contributed by atoms with Crippen LogP contribution in [0.1, 0.15) is 25.0 Å². The van der Waals surface area contributed by atoms with Crippen molar-refractivity contribution in [3.05, 3.63) is 223 Å². The number of fused-ring (bicyclic) bond motifs is 9. The van der Waals surface area contributed by atoms with Gasteiger partial charge in [0.15, 0.2) is 5.82 Å². The van der Waals surface area contributed by atoms with Crippen LogP contribution in [0.2, 0.25) is 0 Å². The summed E-state index contributed by atoms with van der Waals surface area (Å²) in [6.45, 7) is 8.17. The largest absolute Gasteiger partial charge is 0.278 e. The molecule has 7 nitrogen and oxygen atoms in total. The Morgan fingerprint density at radius 2 is 0.667 bits per heavy atom. The summed E-state index contributed by atoms with van der Waals surface area (Å²) in [4.78, 5) is 15.9. The average Bonchev–Trinajstić information content (AvgIpc) is 4.10. The van der Waals surface area contributed by atoms with Crippen molar-refractivity contribution in [3.8, 4) is 23.3 Å². The summed E-state index contributed by atoms with van der Waals surface area (Å²) >= 11 is 1.77. The van der Waals surface area contributed by atoms with Crippen molar-refractivity contribution in [1.82, 2.24) is 31.7 Å². The van der Waals surface area contributed by atoms with E-state index in [2.05, 4.69) is 188 Å². The van der Waals surface area contributed by atoms with Crippen molar-refractivity contribution >= 4 is 99.0 Å². The Kier molecular flexibility index (Phi) is 10.5. The third-order valence-corrected chi connectivity index (χ3v) is 14.0. The van der Waals surface area contributed by atoms with Crippen molar-refractivity contribution in [2.45, 2.75) is 27.7 Å². The van der Waals surface area contributed by atoms with Gasteiger partial charge in [-0.15, -0.1) is 0 Å². The second-order valence-electron chi connectivity index (χ2n) is 17.1. The molecule has 0 saturated heterocycles. The molecule has 0 radical (unpaired) electrons. The number of para-hydroxylation sites is 4. The molecule has 9 aromatic carbocycles. The van der Waals surface area contributed by atoms with E-state index in [1.807, 2.05) is 68.4 Å². The zero-order valence-corrected chi connectivity index (χ0v) is 39.6. The monoisotopic (exact) mass is 909 g/mol. The first kappa shape index (κ1) is 41.8. The molecule has 0 fully saturated rings. The number of hydrogen-bond acceptors (Lipinski definition) is 4. The minimum absolute atomic E-state index is 0.577. The standard InChI is InChI=1S/C45H25N7S.2C7H8.C2H6/c1-2-12-26(13-3-1)43-46-44(49-33-18-8-4-14-27(33)28-15-5-9-19-34(28)49)48-45(47-43)50-37-24-22-31-29-16-6-10-20-35(29)51-41(31)39(37)40-38(50)25-23-32-30-17-7-11-21-36(30)52(53-51)42(32)40;2*1-7-5-3-2-4-6-7;1-2/h1-25H;2*2-6H,1H3;1-2H3. The second kappa shape index (κ2) is 17.2. The third kappa shape index (κ3) is 6.82. The molecule has 0 amide bonds. The minimum Gasteiger partial charge on any atom is -0.278 e. The summed E-state index contributed by atoms with van der Waals surface area (Å²) in [5.74, 6) is 1.78. The maximum Gasteiger partial charge on any atom is 0.240 e. The highest BCUT2D eigenvalue weighted by molar-refractivity contribution is 7.02. The van der Waals surface area contributed by atoms with Crippen LogP contribution in [0, 0.1) is 13.8 Å². The Bertz CT molecular complexity index is 4060. The first-order valence-electron chi connectivity index (χ1n) is 23.6. The van der Waals surface area contributed by atoms with Crippen molar-refractivity contribution < 1.29 is 0 Å². The fourth-order valence-corrected chi connectivity index (χ4v) is 11.2. The summed E-state index contributed by atoms with van der Waals surface area (Å²) in [5, 5.41) is 9.68. The van der Waals surface area contributed by atoms with Crippen LogP contribution in [-0.2, 0) is 0 Å². The Balaban J connectivity index is 0.000000265. The van der Waals surface area contributed by atoms with E-state index in [0.717, 1.165) is 38.4 Å². The Morgan fingerprint density at radius 3 is 1.07 bits per heavy atom. The predicted molar refractivity (Wildman–Crippen MR) is 291 cm³/mol. The van der Waals surface area contributed by atoms with E-state index in [1.165, 1.54) is 65.5 Å². The lowest BCUT2D eigenvalue weighted by molar-refractivity contribution is 0.893. The highest BCUT2D eigenvalue weighted by Crippen LogP contribution is 2.46. The number of hydrogen-bond donors (Lipinski definition) is 0. The number of nitrogens with zero attached hydrogens (tertiary/aromatic N) is 7. The molecule has 332 valence electrons. The summed E-state index contributed by atoms with van der Waals surface area (Å²) in [5.41, 5.74) is 12.6.